The van der Waals surface area contributed by atoms with Crippen LogP contribution in [-0.4, -0.2) is 24.2 Å². The first-order valence-electron chi connectivity index (χ1n) is 8.06. The van der Waals surface area contributed by atoms with Crippen LogP contribution in [0.5, 0.6) is 0 Å². The smallest absolute Gasteiger partial charge is 0.223 e. The zero-order chi connectivity index (χ0) is 14.1. The molecule has 1 fully saturated rings. The molecule has 0 bridgehead atoms. The van der Waals surface area contributed by atoms with Crippen LogP contribution in [0.15, 0.2) is 0 Å². The Morgan fingerprint density at radius 3 is 2.11 bits per heavy atom. The molecule has 0 heterocycles. The van der Waals surface area contributed by atoms with Gasteiger partial charge in [-0.3, -0.25) is 4.79 Å². The van der Waals surface area contributed by atoms with Gasteiger partial charge >= 0.3 is 0 Å². The molecule has 112 valence electrons. The molecule has 0 spiro atoms. The maximum absolute atomic E-state index is 12.3. The fourth-order valence-corrected chi connectivity index (χ4v) is 2.92. The number of aliphatic hydroxyl groups is 1. The second-order valence-corrected chi connectivity index (χ2v) is 6.13. The van der Waals surface area contributed by atoms with E-state index in [0.29, 0.717) is 6.54 Å². The second-order valence-electron chi connectivity index (χ2n) is 6.13. The van der Waals surface area contributed by atoms with E-state index in [2.05, 4.69) is 19.2 Å². The average molecular weight is 269 g/mol. The van der Waals surface area contributed by atoms with Crippen molar-refractivity contribution in [2.45, 2.75) is 71.6 Å². The van der Waals surface area contributed by atoms with Gasteiger partial charge < -0.3 is 10.4 Å². The predicted octanol–water partition coefficient (Wildman–Crippen LogP) is 3.26. The zero-order valence-corrected chi connectivity index (χ0v) is 12.7. The monoisotopic (exact) mass is 269 g/mol. The van der Waals surface area contributed by atoms with Gasteiger partial charge in [0.25, 0.3) is 0 Å². The summed E-state index contributed by atoms with van der Waals surface area (Å²) in [6.07, 6.45) is 10.1. The highest BCUT2D eigenvalue weighted by Crippen LogP contribution is 2.26. The summed E-state index contributed by atoms with van der Waals surface area (Å²) in [7, 11) is 0. The SMILES string of the molecule is CCC(CC)(CO)CNC(=O)C1CCCCCCC1. The topological polar surface area (TPSA) is 49.3 Å². The second kappa shape index (κ2) is 8.57. The first-order valence-corrected chi connectivity index (χ1v) is 8.06. The largest absolute Gasteiger partial charge is 0.396 e. The van der Waals surface area contributed by atoms with Crippen LogP contribution in [0.25, 0.3) is 0 Å². The molecular weight excluding hydrogens is 238 g/mol. The van der Waals surface area contributed by atoms with Crippen molar-refractivity contribution < 1.29 is 9.90 Å². The molecule has 0 aromatic heterocycles. The van der Waals surface area contributed by atoms with Gasteiger partial charge in [-0.2, -0.15) is 0 Å². The van der Waals surface area contributed by atoms with Crippen LogP contribution in [0.1, 0.15) is 71.6 Å². The number of nitrogens with one attached hydrogen (secondary N) is 1. The molecule has 1 aliphatic carbocycles. The van der Waals surface area contributed by atoms with Gasteiger partial charge in [0.1, 0.15) is 0 Å². The molecule has 1 aliphatic rings. The summed E-state index contributed by atoms with van der Waals surface area (Å²) in [5.41, 5.74) is -0.128. The molecule has 1 rings (SSSR count). The van der Waals surface area contributed by atoms with Crippen LogP contribution in [0.4, 0.5) is 0 Å². The number of rotatable bonds is 6. The molecule has 1 amide bonds. The van der Waals surface area contributed by atoms with E-state index in [1.165, 1.54) is 32.1 Å². The van der Waals surface area contributed by atoms with Crippen molar-refractivity contribution in [3.63, 3.8) is 0 Å². The van der Waals surface area contributed by atoms with Crippen LogP contribution in [0, 0.1) is 11.3 Å². The quantitative estimate of drug-likeness (QED) is 0.777. The Morgan fingerprint density at radius 2 is 1.63 bits per heavy atom. The maximum atomic E-state index is 12.3. The Morgan fingerprint density at radius 1 is 1.11 bits per heavy atom. The van der Waals surface area contributed by atoms with E-state index in [4.69, 9.17) is 0 Å². The highest BCUT2D eigenvalue weighted by Gasteiger charge is 2.27. The van der Waals surface area contributed by atoms with Gasteiger partial charge in [-0.15, -0.1) is 0 Å². The number of aliphatic hydroxyl groups excluding tert-OH is 1. The lowest BCUT2D eigenvalue weighted by atomic mass is 9.83. The lowest BCUT2D eigenvalue weighted by Crippen LogP contribution is -2.41. The standard InChI is InChI=1S/C16H31NO2/c1-3-16(4-2,13-18)12-17-15(19)14-10-8-6-5-7-9-11-14/h14,18H,3-13H2,1-2H3,(H,17,19). The van der Waals surface area contributed by atoms with Gasteiger partial charge in [-0.1, -0.05) is 46.0 Å². The molecule has 3 heteroatoms. The van der Waals surface area contributed by atoms with Crippen molar-refractivity contribution in [1.82, 2.24) is 5.32 Å². The summed E-state index contributed by atoms with van der Waals surface area (Å²) in [5.74, 6) is 0.409. The van der Waals surface area contributed by atoms with E-state index in [1.807, 2.05) is 0 Å². The van der Waals surface area contributed by atoms with Crippen molar-refractivity contribution in [1.29, 1.82) is 0 Å². The molecule has 0 aromatic rings. The van der Waals surface area contributed by atoms with Crippen molar-refractivity contribution >= 4 is 5.91 Å². The minimum Gasteiger partial charge on any atom is -0.396 e. The number of carbonyl (C=O) groups is 1. The fraction of sp³-hybridized carbons (Fsp3) is 0.938. The molecule has 0 unspecified atom stereocenters. The third kappa shape index (κ3) is 5.13. The highest BCUT2D eigenvalue weighted by atomic mass is 16.3. The maximum Gasteiger partial charge on any atom is 0.223 e. The van der Waals surface area contributed by atoms with Gasteiger partial charge in [-0.05, 0) is 25.7 Å². The van der Waals surface area contributed by atoms with E-state index >= 15 is 0 Å². The normalized spacial score (nSPS) is 18.7. The molecular formula is C16H31NO2. The summed E-state index contributed by atoms with van der Waals surface area (Å²) in [6.45, 7) is 4.94. The third-order valence-electron chi connectivity index (χ3n) is 4.95. The third-order valence-corrected chi connectivity index (χ3v) is 4.95. The fourth-order valence-electron chi connectivity index (χ4n) is 2.92. The molecule has 2 N–H and O–H groups in total. The van der Waals surface area contributed by atoms with E-state index in [1.54, 1.807) is 0 Å². The Bertz CT molecular complexity index is 245. The number of hydrogen-bond acceptors (Lipinski definition) is 2. The predicted molar refractivity (Wildman–Crippen MR) is 78.9 cm³/mol. The molecule has 0 radical (unpaired) electrons. The summed E-state index contributed by atoms with van der Waals surface area (Å²) in [6, 6.07) is 0. The first-order chi connectivity index (χ1) is 9.17. The van der Waals surface area contributed by atoms with E-state index < -0.39 is 0 Å². The van der Waals surface area contributed by atoms with Crippen molar-refractivity contribution in [3.8, 4) is 0 Å². The molecule has 19 heavy (non-hydrogen) atoms. The van der Waals surface area contributed by atoms with Crippen molar-refractivity contribution in [3.05, 3.63) is 0 Å². The van der Waals surface area contributed by atoms with Crippen LogP contribution in [0.2, 0.25) is 0 Å². The molecule has 1 saturated carbocycles. The van der Waals surface area contributed by atoms with E-state index in [9.17, 15) is 9.90 Å². The number of hydrogen-bond donors (Lipinski definition) is 2. The van der Waals surface area contributed by atoms with Gasteiger partial charge in [0.2, 0.25) is 5.91 Å². The van der Waals surface area contributed by atoms with Gasteiger partial charge in [0, 0.05) is 17.9 Å². The summed E-state index contributed by atoms with van der Waals surface area (Å²) in [5, 5.41) is 12.6. The highest BCUT2D eigenvalue weighted by molar-refractivity contribution is 5.78. The van der Waals surface area contributed by atoms with Crippen LogP contribution >= 0.6 is 0 Å². The summed E-state index contributed by atoms with van der Waals surface area (Å²) >= 11 is 0. The number of carbonyl (C=O) groups excluding carboxylic acids is 1. The average Bonchev–Trinajstić information content (AvgIpc) is 2.40. The van der Waals surface area contributed by atoms with Crippen LogP contribution in [0.3, 0.4) is 0 Å². The molecule has 0 saturated heterocycles. The van der Waals surface area contributed by atoms with Gasteiger partial charge in [0.15, 0.2) is 0 Å². The minimum absolute atomic E-state index is 0.128. The van der Waals surface area contributed by atoms with Crippen molar-refractivity contribution in [2.75, 3.05) is 13.2 Å². The molecule has 3 nitrogen and oxygen atoms in total. The van der Waals surface area contributed by atoms with Crippen molar-refractivity contribution in [2.24, 2.45) is 11.3 Å². The molecule has 0 aromatic carbocycles. The van der Waals surface area contributed by atoms with Crippen LogP contribution in [-0.2, 0) is 4.79 Å². The van der Waals surface area contributed by atoms with Gasteiger partial charge in [-0.25, -0.2) is 0 Å². The Hall–Kier alpha value is -0.570. The zero-order valence-electron chi connectivity index (χ0n) is 12.7. The van der Waals surface area contributed by atoms with Crippen LogP contribution < -0.4 is 5.32 Å². The Labute approximate surface area is 118 Å². The first kappa shape index (κ1) is 16.5. The number of amides is 1. The summed E-state index contributed by atoms with van der Waals surface area (Å²) in [4.78, 5) is 12.3. The summed E-state index contributed by atoms with van der Waals surface area (Å²) < 4.78 is 0. The Kier molecular flexibility index (Phi) is 7.44. The van der Waals surface area contributed by atoms with E-state index in [-0.39, 0.29) is 23.8 Å². The molecule has 0 aliphatic heterocycles. The lowest BCUT2D eigenvalue weighted by molar-refractivity contribution is -0.126. The minimum atomic E-state index is -0.128. The lowest BCUT2D eigenvalue weighted by Gasteiger charge is -2.30. The Balaban J connectivity index is 2.44. The van der Waals surface area contributed by atoms with Gasteiger partial charge in [0.05, 0.1) is 6.61 Å². The molecule has 0 atom stereocenters. The van der Waals surface area contributed by atoms with E-state index in [0.717, 1.165) is 25.7 Å².